The van der Waals surface area contributed by atoms with Crippen molar-refractivity contribution >= 4 is 22.6 Å². The number of aromatic nitrogens is 2. The SMILES string of the molecule is CCOc1ncc(Nc2cc(/C(=C/C(O)C(F)(F)F)CC)ccc2N(CC)C2CCOCC2)cn1. The van der Waals surface area contributed by atoms with Crippen LogP contribution in [-0.2, 0) is 4.74 Å². The summed E-state index contributed by atoms with van der Waals surface area (Å²) in [5, 5.41) is 12.9. The molecule has 0 amide bonds. The molecule has 0 spiro atoms. The van der Waals surface area contributed by atoms with Crippen LogP contribution >= 0.6 is 0 Å². The molecule has 35 heavy (non-hydrogen) atoms. The first-order valence-corrected chi connectivity index (χ1v) is 11.9. The van der Waals surface area contributed by atoms with Gasteiger partial charge in [-0.1, -0.05) is 13.0 Å². The van der Waals surface area contributed by atoms with Crippen LogP contribution in [-0.4, -0.2) is 59.8 Å². The van der Waals surface area contributed by atoms with Gasteiger partial charge < -0.3 is 24.8 Å². The predicted molar refractivity (Wildman–Crippen MR) is 130 cm³/mol. The van der Waals surface area contributed by atoms with E-state index in [-0.39, 0.29) is 12.1 Å². The van der Waals surface area contributed by atoms with Gasteiger partial charge in [0.2, 0.25) is 0 Å². The lowest BCUT2D eigenvalue weighted by atomic mass is 9.98. The van der Waals surface area contributed by atoms with Gasteiger partial charge >= 0.3 is 12.2 Å². The van der Waals surface area contributed by atoms with E-state index >= 15 is 0 Å². The van der Waals surface area contributed by atoms with Crippen LogP contribution in [0, 0.1) is 0 Å². The highest BCUT2D eigenvalue weighted by molar-refractivity contribution is 5.80. The van der Waals surface area contributed by atoms with Crippen LogP contribution in [0.5, 0.6) is 6.01 Å². The van der Waals surface area contributed by atoms with Crippen molar-refractivity contribution < 1.29 is 27.8 Å². The quantitative estimate of drug-likeness (QED) is 0.462. The largest absolute Gasteiger partial charge is 0.464 e. The summed E-state index contributed by atoms with van der Waals surface area (Å²) in [6.45, 7) is 8.26. The Hall–Kier alpha value is -2.85. The first kappa shape index (κ1) is 26.7. The third-order valence-electron chi connectivity index (χ3n) is 5.90. The Labute approximate surface area is 204 Å². The maximum atomic E-state index is 13.0. The van der Waals surface area contributed by atoms with E-state index in [9.17, 15) is 18.3 Å². The van der Waals surface area contributed by atoms with Gasteiger partial charge in [0.15, 0.2) is 6.10 Å². The number of benzene rings is 1. The minimum absolute atomic E-state index is 0.266. The molecule has 1 fully saturated rings. The number of nitrogens with one attached hydrogen (secondary N) is 1. The van der Waals surface area contributed by atoms with Crippen LogP contribution in [0.15, 0.2) is 36.7 Å². The van der Waals surface area contributed by atoms with Gasteiger partial charge in [0.25, 0.3) is 0 Å². The summed E-state index contributed by atoms with van der Waals surface area (Å²) in [4.78, 5) is 10.7. The second kappa shape index (κ2) is 12.2. The molecular weight excluding hydrogens is 461 g/mol. The van der Waals surface area contributed by atoms with Crippen molar-refractivity contribution in [3.63, 3.8) is 0 Å². The van der Waals surface area contributed by atoms with E-state index < -0.39 is 12.3 Å². The highest BCUT2D eigenvalue weighted by Crippen LogP contribution is 2.36. The monoisotopic (exact) mass is 494 g/mol. The van der Waals surface area contributed by atoms with Gasteiger partial charge in [0.1, 0.15) is 0 Å². The van der Waals surface area contributed by atoms with E-state index in [2.05, 4.69) is 27.1 Å². The molecule has 1 aliphatic heterocycles. The molecule has 2 N–H and O–H groups in total. The number of allylic oxidation sites excluding steroid dienone is 1. The van der Waals surface area contributed by atoms with Crippen molar-refractivity contribution in [3.05, 3.63) is 42.2 Å². The summed E-state index contributed by atoms with van der Waals surface area (Å²) in [5.74, 6) is 0. The molecule has 0 saturated carbocycles. The van der Waals surface area contributed by atoms with E-state index in [0.717, 1.165) is 31.1 Å². The van der Waals surface area contributed by atoms with Crippen LogP contribution in [0.25, 0.3) is 5.57 Å². The van der Waals surface area contributed by atoms with Crippen LogP contribution in [0.3, 0.4) is 0 Å². The molecule has 192 valence electrons. The van der Waals surface area contributed by atoms with Crippen LogP contribution in [0.2, 0.25) is 0 Å². The number of hydrogen-bond donors (Lipinski definition) is 2. The molecule has 10 heteroatoms. The Balaban J connectivity index is 2.01. The second-order valence-corrected chi connectivity index (χ2v) is 8.21. The normalized spacial score (nSPS) is 16.1. The number of halogens is 3. The molecule has 1 aromatic carbocycles. The predicted octanol–water partition coefficient (Wildman–Crippen LogP) is 5.34. The Morgan fingerprint density at radius 1 is 1.23 bits per heavy atom. The number of ether oxygens (including phenoxy) is 2. The smallest absolute Gasteiger partial charge is 0.418 e. The number of nitrogens with zero attached hydrogens (tertiary/aromatic N) is 3. The van der Waals surface area contributed by atoms with Gasteiger partial charge in [0, 0.05) is 25.8 Å². The summed E-state index contributed by atoms with van der Waals surface area (Å²) in [7, 11) is 0. The molecule has 0 bridgehead atoms. The average Bonchev–Trinajstić information content (AvgIpc) is 2.85. The summed E-state index contributed by atoms with van der Waals surface area (Å²) in [6, 6.07) is 6.07. The van der Waals surface area contributed by atoms with Crippen molar-refractivity contribution in [2.75, 3.05) is 36.6 Å². The van der Waals surface area contributed by atoms with E-state index in [1.54, 1.807) is 25.4 Å². The average molecular weight is 495 g/mol. The molecule has 1 atom stereocenters. The second-order valence-electron chi connectivity index (χ2n) is 8.21. The van der Waals surface area contributed by atoms with E-state index in [0.29, 0.717) is 48.8 Å². The third-order valence-corrected chi connectivity index (χ3v) is 5.90. The molecule has 0 radical (unpaired) electrons. The fraction of sp³-hybridized carbons (Fsp3) is 0.520. The van der Waals surface area contributed by atoms with E-state index in [1.807, 2.05) is 19.1 Å². The highest BCUT2D eigenvalue weighted by Gasteiger charge is 2.36. The zero-order valence-electron chi connectivity index (χ0n) is 20.3. The molecule has 3 rings (SSSR count). The maximum absolute atomic E-state index is 13.0. The van der Waals surface area contributed by atoms with Crippen LogP contribution in [0.4, 0.5) is 30.2 Å². The van der Waals surface area contributed by atoms with Crippen molar-refractivity contribution in [2.24, 2.45) is 0 Å². The molecule has 7 nitrogen and oxygen atoms in total. The van der Waals surface area contributed by atoms with Gasteiger partial charge in [-0.15, -0.1) is 0 Å². The summed E-state index contributed by atoms with van der Waals surface area (Å²) >= 11 is 0. The Bertz CT molecular complexity index is 977. The minimum atomic E-state index is -4.72. The molecule has 2 heterocycles. The lowest BCUT2D eigenvalue weighted by Crippen LogP contribution is -2.39. The Morgan fingerprint density at radius 3 is 2.49 bits per heavy atom. The molecule has 1 unspecified atom stereocenters. The molecule has 0 aliphatic carbocycles. The number of aliphatic hydroxyl groups is 1. The van der Waals surface area contributed by atoms with Crippen molar-refractivity contribution in [3.8, 4) is 6.01 Å². The van der Waals surface area contributed by atoms with Crippen LogP contribution in [0.1, 0.15) is 45.6 Å². The van der Waals surface area contributed by atoms with Crippen LogP contribution < -0.4 is 15.0 Å². The standard InChI is InChI=1S/C25H33F3N4O3/c1-4-17(14-23(33)25(26,27)28)18-7-8-22(32(5-2)20-9-11-34-12-10-20)21(13-18)31-19-15-29-24(30-16-19)35-6-3/h7-8,13-16,20,23,31,33H,4-6,9-12H2,1-3H3/b17-14+. The molecular formula is C25H33F3N4O3. The van der Waals surface area contributed by atoms with Crippen molar-refractivity contribution in [1.29, 1.82) is 0 Å². The summed E-state index contributed by atoms with van der Waals surface area (Å²) in [5.41, 5.74) is 3.25. The Morgan fingerprint density at radius 2 is 1.91 bits per heavy atom. The lowest BCUT2D eigenvalue weighted by Gasteiger charge is -2.36. The van der Waals surface area contributed by atoms with Crippen molar-refractivity contribution in [1.82, 2.24) is 9.97 Å². The number of anilines is 3. The molecule has 2 aromatic rings. The highest BCUT2D eigenvalue weighted by atomic mass is 19.4. The molecule has 1 saturated heterocycles. The molecule has 1 aliphatic rings. The number of aliphatic hydroxyl groups excluding tert-OH is 1. The lowest BCUT2D eigenvalue weighted by molar-refractivity contribution is -0.187. The van der Waals surface area contributed by atoms with Gasteiger partial charge in [-0.2, -0.15) is 13.2 Å². The number of rotatable bonds is 10. The topological polar surface area (TPSA) is 79.7 Å². The Kier molecular flexibility index (Phi) is 9.33. The minimum Gasteiger partial charge on any atom is -0.464 e. The zero-order chi connectivity index (χ0) is 25.4. The van der Waals surface area contributed by atoms with Gasteiger partial charge in [-0.05, 0) is 62.5 Å². The summed E-state index contributed by atoms with van der Waals surface area (Å²) < 4.78 is 49.8. The van der Waals surface area contributed by atoms with E-state index in [1.165, 1.54) is 0 Å². The van der Waals surface area contributed by atoms with Gasteiger partial charge in [-0.3, -0.25) is 0 Å². The number of alkyl halides is 3. The van der Waals surface area contributed by atoms with Gasteiger partial charge in [0.05, 0.1) is 36.1 Å². The first-order chi connectivity index (χ1) is 16.8. The fourth-order valence-electron chi connectivity index (χ4n) is 4.15. The molecule has 1 aromatic heterocycles. The zero-order valence-corrected chi connectivity index (χ0v) is 20.3. The maximum Gasteiger partial charge on any atom is 0.418 e. The number of hydrogen-bond acceptors (Lipinski definition) is 7. The fourth-order valence-corrected chi connectivity index (χ4v) is 4.15. The summed E-state index contributed by atoms with van der Waals surface area (Å²) in [6.07, 6.45) is -1.07. The van der Waals surface area contributed by atoms with Crippen molar-refractivity contribution in [2.45, 2.75) is 58.4 Å². The third kappa shape index (κ3) is 7.08. The van der Waals surface area contributed by atoms with E-state index in [4.69, 9.17) is 9.47 Å². The first-order valence-electron chi connectivity index (χ1n) is 11.9. The van der Waals surface area contributed by atoms with Gasteiger partial charge in [-0.25, -0.2) is 9.97 Å².